The number of piperidine rings is 1. The minimum atomic E-state index is 0.0128. The van der Waals surface area contributed by atoms with Crippen molar-refractivity contribution in [2.75, 3.05) is 46.9 Å². The van der Waals surface area contributed by atoms with Gasteiger partial charge in [-0.2, -0.15) is 0 Å². The van der Waals surface area contributed by atoms with Crippen LogP contribution in [0.5, 0.6) is 5.75 Å². The summed E-state index contributed by atoms with van der Waals surface area (Å²) in [6.45, 7) is 6.39. The van der Waals surface area contributed by atoms with E-state index in [9.17, 15) is 4.79 Å². The average Bonchev–Trinajstić information content (AvgIpc) is 2.56. The van der Waals surface area contributed by atoms with Crippen molar-refractivity contribution >= 4 is 6.03 Å². The predicted molar refractivity (Wildman–Crippen MR) is 97.5 cm³/mol. The Morgan fingerprint density at radius 1 is 1.46 bits per heavy atom. The van der Waals surface area contributed by atoms with E-state index in [1.54, 1.807) is 4.90 Å². The zero-order chi connectivity index (χ0) is 17.4. The van der Waals surface area contributed by atoms with Crippen LogP contribution < -0.4 is 10.1 Å². The Morgan fingerprint density at radius 2 is 2.29 bits per heavy atom. The highest BCUT2D eigenvalue weighted by Gasteiger charge is 2.18. The van der Waals surface area contributed by atoms with Gasteiger partial charge in [0.25, 0.3) is 0 Å². The third-order valence-corrected chi connectivity index (χ3v) is 4.51. The number of carbonyl (C=O) groups excluding carboxylic acids is 1. The number of nitrogens with one attached hydrogen (secondary N) is 1. The first-order valence-corrected chi connectivity index (χ1v) is 8.91. The summed E-state index contributed by atoms with van der Waals surface area (Å²) in [7, 11) is 3.99. The van der Waals surface area contributed by atoms with Crippen LogP contribution >= 0.6 is 0 Å². The third-order valence-electron chi connectivity index (χ3n) is 4.51. The van der Waals surface area contributed by atoms with E-state index in [0.717, 1.165) is 25.3 Å². The molecule has 1 fully saturated rings. The van der Waals surface area contributed by atoms with Gasteiger partial charge in [0.2, 0.25) is 0 Å². The number of likely N-dealkylation sites (tertiary alicyclic amines) is 1. The van der Waals surface area contributed by atoms with Crippen LogP contribution in [0.2, 0.25) is 0 Å². The lowest BCUT2D eigenvalue weighted by atomic mass is 9.99. The zero-order valence-corrected chi connectivity index (χ0v) is 15.3. The van der Waals surface area contributed by atoms with E-state index >= 15 is 0 Å². The Hall–Kier alpha value is -1.75. The summed E-state index contributed by atoms with van der Waals surface area (Å²) in [5.41, 5.74) is 1.19. The van der Waals surface area contributed by atoms with Crippen molar-refractivity contribution in [3.8, 4) is 5.75 Å². The van der Waals surface area contributed by atoms with Crippen LogP contribution in [0.3, 0.4) is 0 Å². The Balaban J connectivity index is 1.59. The van der Waals surface area contributed by atoms with Gasteiger partial charge in [0, 0.05) is 26.7 Å². The molecule has 2 rings (SSSR count). The van der Waals surface area contributed by atoms with Gasteiger partial charge in [-0.1, -0.05) is 12.1 Å². The molecule has 5 nitrogen and oxygen atoms in total. The van der Waals surface area contributed by atoms with Crippen LogP contribution in [0.4, 0.5) is 4.79 Å². The zero-order valence-electron chi connectivity index (χ0n) is 15.3. The van der Waals surface area contributed by atoms with Gasteiger partial charge in [0.05, 0.1) is 6.61 Å². The standard InChI is InChI=1S/C19H31N3O2/c1-16-7-4-9-18(13-16)24-12-6-11-22(3)19(23)20-14-17-8-5-10-21(2)15-17/h4,7,9,13,17H,5-6,8,10-12,14-15H2,1-3H3,(H,20,23)/t17-/m1/s1. The maximum atomic E-state index is 12.1. The lowest BCUT2D eigenvalue weighted by Crippen LogP contribution is -2.43. The molecule has 0 aliphatic carbocycles. The van der Waals surface area contributed by atoms with Crippen LogP contribution in [-0.4, -0.2) is 62.7 Å². The summed E-state index contributed by atoms with van der Waals surface area (Å²) >= 11 is 0. The van der Waals surface area contributed by atoms with Crippen molar-refractivity contribution in [1.29, 1.82) is 0 Å². The largest absolute Gasteiger partial charge is 0.494 e. The number of ether oxygens (including phenoxy) is 1. The fourth-order valence-electron chi connectivity index (χ4n) is 3.10. The maximum Gasteiger partial charge on any atom is 0.317 e. The molecule has 1 heterocycles. The lowest BCUT2D eigenvalue weighted by molar-refractivity contribution is 0.186. The molecule has 1 aliphatic rings. The molecule has 134 valence electrons. The summed E-state index contributed by atoms with van der Waals surface area (Å²) < 4.78 is 5.72. The molecule has 0 spiro atoms. The molecule has 1 saturated heterocycles. The van der Waals surface area contributed by atoms with Crippen LogP contribution in [0.15, 0.2) is 24.3 Å². The van der Waals surface area contributed by atoms with Gasteiger partial charge in [-0.15, -0.1) is 0 Å². The van der Waals surface area contributed by atoms with Crippen molar-refractivity contribution in [1.82, 2.24) is 15.1 Å². The van der Waals surface area contributed by atoms with Crippen molar-refractivity contribution in [2.45, 2.75) is 26.2 Å². The summed E-state index contributed by atoms with van der Waals surface area (Å²) in [5.74, 6) is 1.47. The number of carbonyl (C=O) groups is 1. The van der Waals surface area contributed by atoms with Crippen LogP contribution in [-0.2, 0) is 0 Å². The number of aryl methyl sites for hydroxylation is 1. The van der Waals surface area contributed by atoms with Crippen LogP contribution in [0, 0.1) is 12.8 Å². The van der Waals surface area contributed by atoms with Crippen molar-refractivity contribution in [3.63, 3.8) is 0 Å². The normalized spacial score (nSPS) is 18.2. The smallest absolute Gasteiger partial charge is 0.317 e. The second-order valence-electron chi connectivity index (χ2n) is 6.90. The number of urea groups is 1. The summed E-state index contributed by atoms with van der Waals surface area (Å²) in [5, 5.41) is 3.06. The second kappa shape index (κ2) is 9.52. The van der Waals surface area contributed by atoms with E-state index in [-0.39, 0.29) is 6.03 Å². The molecule has 0 radical (unpaired) electrons. The molecule has 1 N–H and O–H groups in total. The number of hydrogen-bond acceptors (Lipinski definition) is 3. The van der Waals surface area contributed by atoms with Crippen molar-refractivity contribution < 1.29 is 9.53 Å². The highest BCUT2D eigenvalue weighted by molar-refractivity contribution is 5.73. The van der Waals surface area contributed by atoms with E-state index in [4.69, 9.17) is 4.74 Å². The third kappa shape index (κ3) is 6.40. The highest BCUT2D eigenvalue weighted by Crippen LogP contribution is 2.14. The topological polar surface area (TPSA) is 44.8 Å². The molecule has 2 amide bonds. The van der Waals surface area contributed by atoms with Crippen LogP contribution in [0.25, 0.3) is 0 Å². The molecule has 0 bridgehead atoms. The quantitative estimate of drug-likeness (QED) is 0.781. The summed E-state index contributed by atoms with van der Waals surface area (Å²) in [6, 6.07) is 8.04. The first kappa shape index (κ1) is 18.6. The van der Waals surface area contributed by atoms with E-state index in [0.29, 0.717) is 19.1 Å². The number of benzene rings is 1. The Bertz CT molecular complexity index is 521. The van der Waals surface area contributed by atoms with E-state index in [2.05, 4.69) is 30.3 Å². The first-order valence-electron chi connectivity index (χ1n) is 8.91. The molecule has 24 heavy (non-hydrogen) atoms. The number of rotatable bonds is 7. The van der Waals surface area contributed by atoms with Crippen molar-refractivity contribution in [2.24, 2.45) is 5.92 Å². The van der Waals surface area contributed by atoms with Gasteiger partial charge in [-0.3, -0.25) is 0 Å². The number of amides is 2. The Labute approximate surface area is 146 Å². The van der Waals surface area contributed by atoms with Gasteiger partial charge in [0.15, 0.2) is 0 Å². The van der Waals surface area contributed by atoms with E-state index in [1.165, 1.54) is 24.9 Å². The molecule has 1 aromatic carbocycles. The Morgan fingerprint density at radius 3 is 3.04 bits per heavy atom. The predicted octanol–water partition coefficient (Wildman–Crippen LogP) is 2.75. The SMILES string of the molecule is Cc1cccc(OCCCN(C)C(=O)NC[C@H]2CCCN(C)C2)c1. The van der Waals surface area contributed by atoms with Gasteiger partial charge in [0.1, 0.15) is 5.75 Å². The fraction of sp³-hybridized carbons (Fsp3) is 0.632. The average molecular weight is 333 g/mol. The second-order valence-corrected chi connectivity index (χ2v) is 6.90. The molecule has 0 saturated carbocycles. The minimum Gasteiger partial charge on any atom is -0.494 e. The molecular weight excluding hydrogens is 302 g/mol. The van der Waals surface area contributed by atoms with E-state index < -0.39 is 0 Å². The molecule has 0 aromatic heterocycles. The van der Waals surface area contributed by atoms with Gasteiger partial charge >= 0.3 is 6.03 Å². The lowest BCUT2D eigenvalue weighted by Gasteiger charge is -2.30. The first-order chi connectivity index (χ1) is 11.5. The summed E-state index contributed by atoms with van der Waals surface area (Å²) in [4.78, 5) is 16.2. The number of hydrogen-bond donors (Lipinski definition) is 1. The van der Waals surface area contributed by atoms with Crippen molar-refractivity contribution in [3.05, 3.63) is 29.8 Å². The molecule has 0 unspecified atom stereocenters. The Kier molecular flexibility index (Phi) is 7.37. The van der Waals surface area contributed by atoms with Gasteiger partial charge < -0.3 is 19.9 Å². The summed E-state index contributed by atoms with van der Waals surface area (Å²) in [6.07, 6.45) is 3.26. The monoisotopic (exact) mass is 333 g/mol. The minimum absolute atomic E-state index is 0.0128. The van der Waals surface area contributed by atoms with Gasteiger partial charge in [-0.25, -0.2) is 4.79 Å². The van der Waals surface area contributed by atoms with Crippen LogP contribution in [0.1, 0.15) is 24.8 Å². The molecule has 1 atom stereocenters. The number of nitrogens with zero attached hydrogens (tertiary/aromatic N) is 2. The molecule has 5 heteroatoms. The van der Waals surface area contributed by atoms with E-state index in [1.807, 2.05) is 25.2 Å². The molecule has 1 aromatic rings. The molecular formula is C19H31N3O2. The molecule has 1 aliphatic heterocycles. The maximum absolute atomic E-state index is 12.1. The highest BCUT2D eigenvalue weighted by atomic mass is 16.5. The fourth-order valence-corrected chi connectivity index (χ4v) is 3.10. The van der Waals surface area contributed by atoms with Gasteiger partial charge in [-0.05, 0) is 63.4 Å².